The Morgan fingerprint density at radius 2 is 2.44 bits per heavy atom. The van der Waals surface area contributed by atoms with Gasteiger partial charge in [-0.05, 0) is 0 Å². The molecule has 0 aromatic rings. The predicted octanol–water partition coefficient (Wildman–Crippen LogP) is 0.116. The van der Waals surface area contributed by atoms with Crippen molar-refractivity contribution in [2.45, 2.75) is 0 Å². The van der Waals surface area contributed by atoms with E-state index in [0.29, 0.717) is 18.8 Å². The van der Waals surface area contributed by atoms with Crippen LogP contribution in [0.4, 0.5) is 0 Å². The van der Waals surface area contributed by atoms with Crippen LogP contribution in [0.25, 0.3) is 0 Å². The summed E-state index contributed by atoms with van der Waals surface area (Å²) in [6.07, 6.45) is 2.51. The second kappa shape index (κ2) is 3.37. The minimum Gasteiger partial charge on any atom is -0.351 e. The van der Waals surface area contributed by atoms with Gasteiger partial charge in [0.15, 0.2) is 0 Å². The van der Waals surface area contributed by atoms with E-state index < -0.39 is 0 Å². The third-order valence-electron chi connectivity index (χ3n) is 1.05. The van der Waals surface area contributed by atoms with Crippen LogP contribution in [0.3, 0.4) is 0 Å². The van der Waals surface area contributed by atoms with Crippen molar-refractivity contribution >= 4 is 6.29 Å². The van der Waals surface area contributed by atoms with E-state index in [1.807, 2.05) is 0 Å². The smallest absolute Gasteiger partial charge is 0.148 e. The van der Waals surface area contributed by atoms with E-state index in [0.717, 1.165) is 6.29 Å². The van der Waals surface area contributed by atoms with Gasteiger partial charge in [0, 0.05) is 5.57 Å². The van der Waals surface area contributed by atoms with Crippen LogP contribution in [0, 0.1) is 0 Å². The van der Waals surface area contributed by atoms with E-state index >= 15 is 0 Å². The lowest BCUT2D eigenvalue weighted by molar-refractivity contribution is -0.105. The Morgan fingerprint density at radius 3 is 3.22 bits per heavy atom. The molecule has 1 aliphatic heterocycles. The molecule has 1 aliphatic rings. The SMILES string of the molecule is O=CC1=CCOCOC1. The maximum Gasteiger partial charge on any atom is 0.148 e. The molecule has 0 amide bonds. The molecule has 3 heteroatoms. The molecule has 0 bridgehead atoms. The number of hydrogen-bond acceptors (Lipinski definition) is 3. The lowest BCUT2D eigenvalue weighted by atomic mass is 10.3. The van der Waals surface area contributed by atoms with Gasteiger partial charge in [-0.2, -0.15) is 0 Å². The molecule has 0 fully saturated rings. The maximum absolute atomic E-state index is 10.1. The quantitative estimate of drug-likeness (QED) is 0.470. The third kappa shape index (κ3) is 1.95. The van der Waals surface area contributed by atoms with Crippen LogP contribution in [0.15, 0.2) is 11.6 Å². The van der Waals surface area contributed by atoms with Crippen molar-refractivity contribution < 1.29 is 14.3 Å². The average Bonchev–Trinajstić information content (AvgIpc) is 2.13. The van der Waals surface area contributed by atoms with Crippen LogP contribution in [0.5, 0.6) is 0 Å². The number of carbonyl (C=O) groups is 1. The molecule has 0 unspecified atom stereocenters. The highest BCUT2D eigenvalue weighted by atomic mass is 16.7. The molecule has 0 spiro atoms. The van der Waals surface area contributed by atoms with Gasteiger partial charge in [-0.25, -0.2) is 0 Å². The minimum atomic E-state index is 0.286. The van der Waals surface area contributed by atoms with Crippen molar-refractivity contribution in [3.8, 4) is 0 Å². The molecule has 0 atom stereocenters. The number of ether oxygens (including phenoxy) is 2. The van der Waals surface area contributed by atoms with Gasteiger partial charge in [0.2, 0.25) is 0 Å². The normalized spacial score (nSPS) is 20.2. The molecule has 1 heterocycles. The Morgan fingerprint density at radius 1 is 1.56 bits per heavy atom. The van der Waals surface area contributed by atoms with Gasteiger partial charge in [0.05, 0.1) is 13.2 Å². The molecule has 0 saturated carbocycles. The number of rotatable bonds is 1. The molecule has 0 aliphatic carbocycles. The zero-order chi connectivity index (χ0) is 6.53. The van der Waals surface area contributed by atoms with Gasteiger partial charge >= 0.3 is 0 Å². The van der Waals surface area contributed by atoms with Crippen molar-refractivity contribution in [3.63, 3.8) is 0 Å². The summed E-state index contributed by atoms with van der Waals surface area (Å²) in [5.74, 6) is 0. The summed E-state index contributed by atoms with van der Waals surface area (Å²) in [5, 5.41) is 0. The second-order valence-electron chi connectivity index (χ2n) is 1.73. The molecule has 0 saturated heterocycles. The van der Waals surface area contributed by atoms with Crippen molar-refractivity contribution in [2.75, 3.05) is 20.0 Å². The Labute approximate surface area is 53.3 Å². The highest BCUT2D eigenvalue weighted by molar-refractivity contribution is 5.73. The molecule has 0 N–H and O–H groups in total. The highest BCUT2D eigenvalue weighted by Gasteiger charge is 1.98. The van der Waals surface area contributed by atoms with E-state index in [-0.39, 0.29) is 6.79 Å². The monoisotopic (exact) mass is 128 g/mol. The first-order chi connectivity index (χ1) is 4.43. The summed E-state index contributed by atoms with van der Waals surface area (Å²) in [5.41, 5.74) is 0.660. The molecule has 3 nitrogen and oxygen atoms in total. The fraction of sp³-hybridized carbons (Fsp3) is 0.500. The van der Waals surface area contributed by atoms with Crippen molar-refractivity contribution in [3.05, 3.63) is 11.6 Å². The Hall–Kier alpha value is -0.670. The topological polar surface area (TPSA) is 35.5 Å². The molecule has 0 aromatic carbocycles. The van der Waals surface area contributed by atoms with Gasteiger partial charge in [-0.15, -0.1) is 0 Å². The van der Waals surface area contributed by atoms with E-state index in [1.54, 1.807) is 6.08 Å². The summed E-state index contributed by atoms with van der Waals surface area (Å²) in [6.45, 7) is 1.14. The summed E-state index contributed by atoms with van der Waals surface area (Å²) >= 11 is 0. The van der Waals surface area contributed by atoms with Crippen LogP contribution in [-0.2, 0) is 14.3 Å². The highest BCUT2D eigenvalue weighted by Crippen LogP contribution is 1.96. The number of aldehydes is 1. The van der Waals surface area contributed by atoms with E-state index in [2.05, 4.69) is 0 Å². The second-order valence-corrected chi connectivity index (χ2v) is 1.73. The van der Waals surface area contributed by atoms with Crippen LogP contribution in [-0.4, -0.2) is 26.3 Å². The Balaban J connectivity index is 2.46. The molecular formula is C6H8O3. The Kier molecular flexibility index (Phi) is 2.42. The summed E-state index contributed by atoms with van der Waals surface area (Å²) in [6, 6.07) is 0. The molecule has 0 aromatic heterocycles. The zero-order valence-corrected chi connectivity index (χ0v) is 5.00. The lowest BCUT2D eigenvalue weighted by Crippen LogP contribution is -1.98. The van der Waals surface area contributed by atoms with Gasteiger partial charge in [-0.3, -0.25) is 4.79 Å². The minimum absolute atomic E-state index is 0.286. The molecular weight excluding hydrogens is 120 g/mol. The lowest BCUT2D eigenvalue weighted by Gasteiger charge is -1.95. The van der Waals surface area contributed by atoms with Crippen LogP contribution < -0.4 is 0 Å². The molecule has 9 heavy (non-hydrogen) atoms. The first-order valence-corrected chi connectivity index (χ1v) is 2.73. The summed E-state index contributed by atoms with van der Waals surface area (Å²) in [7, 11) is 0. The third-order valence-corrected chi connectivity index (χ3v) is 1.05. The first kappa shape index (κ1) is 6.45. The fourth-order valence-corrected chi connectivity index (χ4v) is 0.574. The van der Waals surface area contributed by atoms with E-state index in [1.165, 1.54) is 0 Å². The van der Waals surface area contributed by atoms with Gasteiger partial charge in [-0.1, -0.05) is 6.08 Å². The van der Waals surface area contributed by atoms with Crippen molar-refractivity contribution in [1.82, 2.24) is 0 Å². The molecule has 50 valence electrons. The summed E-state index contributed by atoms with van der Waals surface area (Å²) in [4.78, 5) is 10.1. The standard InChI is InChI=1S/C6H8O3/c7-3-6-1-2-8-5-9-4-6/h1,3H,2,4-5H2. The average molecular weight is 128 g/mol. The number of carbonyl (C=O) groups excluding carboxylic acids is 1. The van der Waals surface area contributed by atoms with Crippen molar-refractivity contribution in [1.29, 1.82) is 0 Å². The van der Waals surface area contributed by atoms with Crippen LogP contribution >= 0.6 is 0 Å². The maximum atomic E-state index is 10.1. The Bertz CT molecular complexity index is 128. The first-order valence-electron chi connectivity index (χ1n) is 2.73. The van der Waals surface area contributed by atoms with Crippen LogP contribution in [0.2, 0.25) is 0 Å². The molecule has 0 radical (unpaired) electrons. The largest absolute Gasteiger partial charge is 0.351 e. The van der Waals surface area contributed by atoms with Gasteiger partial charge < -0.3 is 9.47 Å². The van der Waals surface area contributed by atoms with Crippen LogP contribution in [0.1, 0.15) is 0 Å². The fourth-order valence-electron chi connectivity index (χ4n) is 0.574. The molecule has 1 rings (SSSR count). The van der Waals surface area contributed by atoms with Gasteiger partial charge in [0.25, 0.3) is 0 Å². The van der Waals surface area contributed by atoms with E-state index in [9.17, 15) is 4.79 Å². The van der Waals surface area contributed by atoms with E-state index in [4.69, 9.17) is 9.47 Å². The zero-order valence-electron chi connectivity index (χ0n) is 5.00. The predicted molar refractivity (Wildman–Crippen MR) is 30.9 cm³/mol. The van der Waals surface area contributed by atoms with Crippen molar-refractivity contribution in [2.24, 2.45) is 0 Å². The van der Waals surface area contributed by atoms with Gasteiger partial charge in [0.1, 0.15) is 13.1 Å². The number of hydrogen-bond donors (Lipinski definition) is 0. The summed E-state index contributed by atoms with van der Waals surface area (Å²) < 4.78 is 9.75.